The summed E-state index contributed by atoms with van der Waals surface area (Å²) in [4.78, 5) is 38.1. The maximum atomic E-state index is 13.0. The number of amides is 3. The molecule has 7 heteroatoms. The van der Waals surface area contributed by atoms with Crippen molar-refractivity contribution < 1.29 is 19.1 Å². The summed E-state index contributed by atoms with van der Waals surface area (Å²) < 4.78 is 5.75. The predicted octanol–water partition coefficient (Wildman–Crippen LogP) is 4.85. The smallest absolute Gasteiger partial charge is 0.251 e. The van der Waals surface area contributed by atoms with Crippen LogP contribution in [0.2, 0.25) is 0 Å². The van der Waals surface area contributed by atoms with Gasteiger partial charge in [0, 0.05) is 44.2 Å². The lowest BCUT2D eigenvalue weighted by molar-refractivity contribution is -0.119. The van der Waals surface area contributed by atoms with Gasteiger partial charge >= 0.3 is 0 Å². The highest BCUT2D eigenvalue weighted by atomic mass is 16.5. The Bertz CT molecular complexity index is 973. The number of hydrogen-bond donors (Lipinski definition) is 2. The Morgan fingerprint density at radius 3 is 2.22 bits per heavy atom. The topological polar surface area (TPSA) is 87.7 Å². The molecule has 0 fully saturated rings. The summed E-state index contributed by atoms with van der Waals surface area (Å²) in [6.07, 6.45) is 3.86. The van der Waals surface area contributed by atoms with E-state index >= 15 is 0 Å². The molecule has 0 bridgehead atoms. The van der Waals surface area contributed by atoms with E-state index in [0.717, 1.165) is 24.9 Å². The van der Waals surface area contributed by atoms with Crippen molar-refractivity contribution in [3.05, 3.63) is 65.2 Å². The summed E-state index contributed by atoms with van der Waals surface area (Å²) in [5.41, 5.74) is 3.94. The third-order valence-corrected chi connectivity index (χ3v) is 6.49. The summed E-state index contributed by atoms with van der Waals surface area (Å²) in [5, 5.41) is 5.65. The van der Waals surface area contributed by atoms with Crippen molar-refractivity contribution in [1.29, 1.82) is 0 Å². The molecular formula is C30H43N3O4. The lowest BCUT2D eigenvalue weighted by Crippen LogP contribution is -2.35. The van der Waals surface area contributed by atoms with Crippen molar-refractivity contribution in [2.24, 2.45) is 0 Å². The number of anilines is 1. The van der Waals surface area contributed by atoms with Crippen LogP contribution in [0.3, 0.4) is 0 Å². The molecule has 2 aromatic rings. The number of nitrogens with zero attached hydrogens (tertiary/aromatic N) is 1. The number of unbranched alkanes of at least 4 members (excludes halogenated alkanes) is 1. The van der Waals surface area contributed by atoms with E-state index in [-0.39, 0.29) is 17.7 Å². The van der Waals surface area contributed by atoms with Crippen LogP contribution < -0.4 is 15.5 Å². The molecule has 2 aromatic carbocycles. The average molecular weight is 510 g/mol. The zero-order chi connectivity index (χ0) is 27.0. The zero-order valence-corrected chi connectivity index (χ0v) is 22.8. The molecule has 1 unspecified atom stereocenters. The minimum absolute atomic E-state index is 0.0322. The first-order valence-corrected chi connectivity index (χ1v) is 13.4. The van der Waals surface area contributed by atoms with Crippen LogP contribution in [0.5, 0.6) is 0 Å². The van der Waals surface area contributed by atoms with Gasteiger partial charge in [-0.2, -0.15) is 0 Å². The van der Waals surface area contributed by atoms with E-state index in [2.05, 4.69) is 31.4 Å². The van der Waals surface area contributed by atoms with E-state index in [1.54, 1.807) is 4.90 Å². The number of carbonyl (C=O) groups is 3. The van der Waals surface area contributed by atoms with Crippen molar-refractivity contribution >= 4 is 23.4 Å². The molecule has 1 atom stereocenters. The molecular weight excluding hydrogens is 466 g/mol. The maximum Gasteiger partial charge on any atom is 0.251 e. The first kappa shape index (κ1) is 30.0. The molecule has 2 N–H and O–H groups in total. The Labute approximate surface area is 222 Å². The molecule has 202 valence electrons. The molecule has 2 rings (SSSR count). The number of ether oxygens (including phenoxy) is 1. The van der Waals surface area contributed by atoms with Crippen LogP contribution in [0.1, 0.15) is 80.8 Å². The highest BCUT2D eigenvalue weighted by Gasteiger charge is 2.15. The van der Waals surface area contributed by atoms with Gasteiger partial charge in [-0.15, -0.1) is 0 Å². The van der Waals surface area contributed by atoms with Gasteiger partial charge in [-0.05, 0) is 67.0 Å². The third kappa shape index (κ3) is 10.8. The Kier molecular flexibility index (Phi) is 13.4. The molecule has 0 spiro atoms. The molecule has 0 radical (unpaired) electrons. The third-order valence-electron chi connectivity index (χ3n) is 6.49. The Hall–Kier alpha value is -3.19. The average Bonchev–Trinajstić information content (AvgIpc) is 2.91. The van der Waals surface area contributed by atoms with Gasteiger partial charge in [0.25, 0.3) is 5.91 Å². The summed E-state index contributed by atoms with van der Waals surface area (Å²) in [7, 11) is 0. The van der Waals surface area contributed by atoms with E-state index in [9.17, 15) is 14.4 Å². The van der Waals surface area contributed by atoms with Crippen molar-refractivity contribution in [1.82, 2.24) is 10.6 Å². The van der Waals surface area contributed by atoms with Gasteiger partial charge in [-0.25, -0.2) is 0 Å². The SMILES string of the molecule is CCc1ccc(N(CCOCCNC(=O)c2ccc(C(C)CC)cc2)C(=O)CCCCNC(C)=O)cc1. The number of nitrogens with one attached hydrogen (secondary N) is 2. The quantitative estimate of drug-likeness (QED) is 0.317. The van der Waals surface area contributed by atoms with Crippen LogP contribution in [-0.2, 0) is 20.7 Å². The second-order valence-electron chi connectivity index (χ2n) is 9.31. The van der Waals surface area contributed by atoms with E-state index in [4.69, 9.17) is 4.74 Å². The molecule has 0 aliphatic rings. The summed E-state index contributed by atoms with van der Waals surface area (Å²) in [5.74, 6) is 0.332. The number of rotatable bonds is 16. The molecule has 0 aliphatic carbocycles. The largest absolute Gasteiger partial charge is 0.378 e. The highest BCUT2D eigenvalue weighted by Crippen LogP contribution is 2.19. The minimum Gasteiger partial charge on any atom is -0.378 e. The van der Waals surface area contributed by atoms with E-state index in [1.165, 1.54) is 18.1 Å². The fourth-order valence-electron chi connectivity index (χ4n) is 3.91. The number of hydrogen-bond acceptors (Lipinski definition) is 4. The van der Waals surface area contributed by atoms with E-state index in [0.29, 0.717) is 57.2 Å². The molecule has 3 amide bonds. The van der Waals surface area contributed by atoms with E-state index < -0.39 is 0 Å². The van der Waals surface area contributed by atoms with Crippen LogP contribution in [0.4, 0.5) is 5.69 Å². The van der Waals surface area contributed by atoms with Crippen molar-refractivity contribution in [3.63, 3.8) is 0 Å². The minimum atomic E-state index is -0.119. The maximum absolute atomic E-state index is 13.0. The van der Waals surface area contributed by atoms with Crippen LogP contribution in [0, 0.1) is 0 Å². The fourth-order valence-corrected chi connectivity index (χ4v) is 3.91. The van der Waals surface area contributed by atoms with Crippen LogP contribution >= 0.6 is 0 Å². The van der Waals surface area contributed by atoms with Gasteiger partial charge in [-0.1, -0.05) is 45.0 Å². The van der Waals surface area contributed by atoms with Gasteiger partial charge in [0.1, 0.15) is 0 Å². The second kappa shape index (κ2) is 16.5. The number of aryl methyl sites for hydroxylation is 1. The Morgan fingerprint density at radius 2 is 1.59 bits per heavy atom. The molecule has 0 saturated heterocycles. The Balaban J connectivity index is 1.79. The normalized spacial score (nSPS) is 11.6. The van der Waals surface area contributed by atoms with E-state index in [1.807, 2.05) is 48.5 Å². The van der Waals surface area contributed by atoms with Gasteiger partial charge in [0.2, 0.25) is 11.8 Å². The fraction of sp³-hybridized carbons (Fsp3) is 0.500. The van der Waals surface area contributed by atoms with Crippen LogP contribution in [0.15, 0.2) is 48.5 Å². The van der Waals surface area contributed by atoms with Crippen molar-refractivity contribution in [2.75, 3.05) is 37.7 Å². The van der Waals surface area contributed by atoms with Crippen LogP contribution in [0.25, 0.3) is 0 Å². The monoisotopic (exact) mass is 509 g/mol. The number of benzene rings is 2. The lowest BCUT2D eigenvalue weighted by atomic mass is 9.97. The van der Waals surface area contributed by atoms with Gasteiger partial charge in [-0.3, -0.25) is 14.4 Å². The van der Waals surface area contributed by atoms with Crippen molar-refractivity contribution in [3.8, 4) is 0 Å². The molecule has 37 heavy (non-hydrogen) atoms. The second-order valence-corrected chi connectivity index (χ2v) is 9.31. The highest BCUT2D eigenvalue weighted by molar-refractivity contribution is 5.94. The standard InChI is InChI=1S/C30H43N3O4/c1-5-23(3)26-12-14-27(15-13-26)30(36)32-19-21-37-22-20-33(28-16-10-25(6-2)11-17-28)29(35)9-7-8-18-31-24(4)34/h10-17,23H,5-9,18-22H2,1-4H3,(H,31,34)(H,32,36). The Morgan fingerprint density at radius 1 is 0.892 bits per heavy atom. The number of carbonyl (C=O) groups excluding carboxylic acids is 3. The zero-order valence-electron chi connectivity index (χ0n) is 22.8. The molecule has 0 aromatic heterocycles. The summed E-state index contributed by atoms with van der Waals surface area (Å²) in [6, 6.07) is 15.8. The summed E-state index contributed by atoms with van der Waals surface area (Å²) in [6.45, 7) is 10.1. The van der Waals surface area contributed by atoms with Gasteiger partial charge in [0.15, 0.2) is 0 Å². The van der Waals surface area contributed by atoms with Crippen LogP contribution in [-0.4, -0.2) is 50.6 Å². The summed E-state index contributed by atoms with van der Waals surface area (Å²) >= 11 is 0. The molecule has 0 saturated carbocycles. The molecule has 7 nitrogen and oxygen atoms in total. The van der Waals surface area contributed by atoms with Gasteiger partial charge < -0.3 is 20.3 Å². The van der Waals surface area contributed by atoms with Gasteiger partial charge in [0.05, 0.1) is 13.2 Å². The first-order chi connectivity index (χ1) is 17.8. The molecule has 0 aliphatic heterocycles. The predicted molar refractivity (Wildman–Crippen MR) is 149 cm³/mol. The lowest BCUT2D eigenvalue weighted by Gasteiger charge is -2.23. The molecule has 0 heterocycles. The van der Waals surface area contributed by atoms with Crippen molar-refractivity contribution in [2.45, 2.75) is 65.7 Å². The first-order valence-electron chi connectivity index (χ1n) is 13.4.